The molecule has 0 spiro atoms. The Morgan fingerprint density at radius 3 is 3.00 bits per heavy atom. The number of aromatic nitrogens is 2. The fraction of sp³-hybridized carbons (Fsp3) is 0.692. The number of amides is 1. The van der Waals surface area contributed by atoms with Crippen molar-refractivity contribution in [1.82, 2.24) is 14.7 Å². The highest BCUT2D eigenvalue weighted by molar-refractivity contribution is 9.09. The van der Waals surface area contributed by atoms with Crippen LogP contribution in [0.4, 0.5) is 0 Å². The highest BCUT2D eigenvalue weighted by Crippen LogP contribution is 2.22. The van der Waals surface area contributed by atoms with Crippen LogP contribution in [0.5, 0.6) is 0 Å². The smallest absolute Gasteiger partial charge is 0.257 e. The normalized spacial score (nSPS) is 20.2. The summed E-state index contributed by atoms with van der Waals surface area (Å²) in [6.07, 6.45) is 5.19. The summed E-state index contributed by atoms with van der Waals surface area (Å²) in [6, 6.07) is 0. The van der Waals surface area contributed by atoms with E-state index in [4.69, 9.17) is 0 Å². The van der Waals surface area contributed by atoms with Crippen molar-refractivity contribution in [2.45, 2.75) is 26.2 Å². The number of piperidine rings is 1. The number of carbonyl (C=O) groups is 1. The molecule has 1 aliphatic heterocycles. The lowest BCUT2D eigenvalue weighted by Gasteiger charge is -2.32. The van der Waals surface area contributed by atoms with Gasteiger partial charge >= 0.3 is 0 Å². The van der Waals surface area contributed by atoms with E-state index < -0.39 is 0 Å². The van der Waals surface area contributed by atoms with Crippen molar-refractivity contribution < 1.29 is 4.79 Å². The molecular formula is C13H20BrN3O. The average Bonchev–Trinajstić information content (AvgIpc) is 2.70. The zero-order valence-corrected chi connectivity index (χ0v) is 12.6. The maximum absolute atomic E-state index is 12.4. The molecule has 0 bridgehead atoms. The Morgan fingerprint density at radius 2 is 2.39 bits per heavy atom. The number of hydrogen-bond acceptors (Lipinski definition) is 2. The van der Waals surface area contributed by atoms with Crippen LogP contribution in [0.3, 0.4) is 0 Å². The number of alkyl halides is 1. The van der Waals surface area contributed by atoms with Crippen LogP contribution in [0.2, 0.25) is 0 Å². The van der Waals surface area contributed by atoms with Crippen LogP contribution in [0, 0.1) is 12.8 Å². The Balaban J connectivity index is 2.07. The lowest BCUT2D eigenvalue weighted by molar-refractivity contribution is 0.0671. The first-order chi connectivity index (χ1) is 8.63. The van der Waals surface area contributed by atoms with Gasteiger partial charge in [0, 0.05) is 31.2 Å². The summed E-state index contributed by atoms with van der Waals surface area (Å²) in [5, 5.41) is 5.17. The Kier molecular flexibility index (Phi) is 4.43. The molecule has 2 heterocycles. The topological polar surface area (TPSA) is 38.1 Å². The standard InChI is InChI=1S/C13H20BrN3O/c1-10-12(8-15-16(10)2)13(18)17-7-3-4-11(9-17)5-6-14/h8,11H,3-7,9H2,1-2H3. The summed E-state index contributed by atoms with van der Waals surface area (Å²) in [4.78, 5) is 14.4. The van der Waals surface area contributed by atoms with Gasteiger partial charge in [-0.1, -0.05) is 15.9 Å². The number of rotatable bonds is 3. The molecule has 1 aliphatic rings. The molecule has 1 aromatic heterocycles. The first-order valence-electron chi connectivity index (χ1n) is 6.47. The number of carbonyl (C=O) groups excluding carboxylic acids is 1. The van der Waals surface area contributed by atoms with E-state index >= 15 is 0 Å². The van der Waals surface area contributed by atoms with Crippen molar-refractivity contribution >= 4 is 21.8 Å². The second-order valence-electron chi connectivity index (χ2n) is 5.00. The van der Waals surface area contributed by atoms with Crippen molar-refractivity contribution in [2.75, 3.05) is 18.4 Å². The van der Waals surface area contributed by atoms with Gasteiger partial charge in [0.2, 0.25) is 0 Å². The van der Waals surface area contributed by atoms with E-state index in [1.54, 1.807) is 10.9 Å². The van der Waals surface area contributed by atoms with Crippen molar-refractivity contribution in [3.63, 3.8) is 0 Å². The molecule has 0 N–H and O–H groups in total. The predicted octanol–water partition coefficient (Wildman–Crippen LogP) is 2.37. The van der Waals surface area contributed by atoms with Gasteiger partial charge in [0.15, 0.2) is 0 Å². The second-order valence-corrected chi connectivity index (χ2v) is 5.80. The lowest BCUT2D eigenvalue weighted by atomic mass is 9.95. The molecular weight excluding hydrogens is 294 g/mol. The highest BCUT2D eigenvalue weighted by atomic mass is 79.9. The highest BCUT2D eigenvalue weighted by Gasteiger charge is 2.25. The van der Waals surface area contributed by atoms with Gasteiger partial charge in [-0.2, -0.15) is 5.10 Å². The monoisotopic (exact) mass is 313 g/mol. The molecule has 1 unspecified atom stereocenters. The number of nitrogens with zero attached hydrogens (tertiary/aromatic N) is 3. The number of likely N-dealkylation sites (tertiary alicyclic amines) is 1. The van der Waals surface area contributed by atoms with Crippen LogP contribution < -0.4 is 0 Å². The third-order valence-electron chi connectivity index (χ3n) is 3.79. The van der Waals surface area contributed by atoms with E-state index in [9.17, 15) is 4.79 Å². The molecule has 0 aromatic carbocycles. The SMILES string of the molecule is Cc1c(C(=O)N2CCCC(CCBr)C2)cnn1C. The number of halogens is 1. The van der Waals surface area contributed by atoms with Gasteiger partial charge in [-0.15, -0.1) is 0 Å². The molecule has 0 aliphatic carbocycles. The lowest BCUT2D eigenvalue weighted by Crippen LogP contribution is -2.40. The third kappa shape index (κ3) is 2.76. The fourth-order valence-corrected chi connectivity index (χ4v) is 3.17. The van der Waals surface area contributed by atoms with Gasteiger partial charge in [-0.3, -0.25) is 9.48 Å². The largest absolute Gasteiger partial charge is 0.338 e. The van der Waals surface area contributed by atoms with Crippen molar-refractivity contribution in [3.05, 3.63) is 17.5 Å². The van der Waals surface area contributed by atoms with Gasteiger partial charge < -0.3 is 4.90 Å². The Labute approximate surface area is 116 Å². The van der Waals surface area contributed by atoms with Crippen LogP contribution in [0.15, 0.2) is 6.20 Å². The van der Waals surface area contributed by atoms with Gasteiger partial charge in [0.25, 0.3) is 5.91 Å². The van der Waals surface area contributed by atoms with Gasteiger partial charge in [-0.25, -0.2) is 0 Å². The number of hydrogen-bond donors (Lipinski definition) is 0. The molecule has 2 rings (SSSR count). The van der Waals surface area contributed by atoms with E-state index in [0.29, 0.717) is 5.92 Å². The van der Waals surface area contributed by atoms with Crippen LogP contribution in [0.25, 0.3) is 0 Å². The first kappa shape index (κ1) is 13.6. The Morgan fingerprint density at radius 1 is 1.61 bits per heavy atom. The van der Waals surface area contributed by atoms with Crippen LogP contribution in [-0.2, 0) is 7.05 Å². The minimum Gasteiger partial charge on any atom is -0.338 e. The minimum atomic E-state index is 0.139. The molecule has 0 radical (unpaired) electrons. The quantitative estimate of drug-likeness (QED) is 0.803. The molecule has 4 nitrogen and oxygen atoms in total. The van der Waals surface area contributed by atoms with Crippen LogP contribution in [0.1, 0.15) is 35.3 Å². The van der Waals surface area contributed by atoms with E-state index in [0.717, 1.165) is 42.5 Å². The van der Waals surface area contributed by atoms with Crippen molar-refractivity contribution in [3.8, 4) is 0 Å². The summed E-state index contributed by atoms with van der Waals surface area (Å²) in [7, 11) is 1.87. The van der Waals surface area contributed by atoms with E-state index in [1.165, 1.54) is 6.42 Å². The van der Waals surface area contributed by atoms with Crippen LogP contribution in [-0.4, -0.2) is 39.0 Å². The molecule has 1 saturated heterocycles. The molecule has 1 aromatic rings. The summed E-state index contributed by atoms with van der Waals surface area (Å²) in [6.45, 7) is 3.71. The summed E-state index contributed by atoms with van der Waals surface area (Å²) in [5.74, 6) is 0.777. The van der Waals surface area contributed by atoms with Crippen molar-refractivity contribution in [2.24, 2.45) is 13.0 Å². The molecule has 100 valence electrons. The first-order valence-corrected chi connectivity index (χ1v) is 7.59. The fourth-order valence-electron chi connectivity index (χ4n) is 2.52. The summed E-state index contributed by atoms with van der Waals surface area (Å²) >= 11 is 3.48. The zero-order chi connectivity index (χ0) is 13.1. The van der Waals surface area contributed by atoms with Gasteiger partial charge in [0.1, 0.15) is 0 Å². The van der Waals surface area contributed by atoms with Gasteiger partial charge in [-0.05, 0) is 32.1 Å². The maximum atomic E-state index is 12.4. The van der Waals surface area contributed by atoms with Gasteiger partial charge in [0.05, 0.1) is 11.8 Å². The Bertz CT molecular complexity index is 428. The zero-order valence-electron chi connectivity index (χ0n) is 11.0. The van der Waals surface area contributed by atoms with Crippen LogP contribution >= 0.6 is 15.9 Å². The molecule has 1 fully saturated rings. The van der Waals surface area contributed by atoms with E-state index in [1.807, 2.05) is 18.9 Å². The third-order valence-corrected chi connectivity index (χ3v) is 4.25. The van der Waals surface area contributed by atoms with E-state index in [-0.39, 0.29) is 5.91 Å². The van der Waals surface area contributed by atoms with E-state index in [2.05, 4.69) is 21.0 Å². The predicted molar refractivity (Wildman–Crippen MR) is 75.0 cm³/mol. The molecule has 1 atom stereocenters. The molecule has 0 saturated carbocycles. The molecule has 1 amide bonds. The number of aryl methyl sites for hydroxylation is 1. The minimum absolute atomic E-state index is 0.139. The Hall–Kier alpha value is -0.840. The second kappa shape index (κ2) is 5.87. The summed E-state index contributed by atoms with van der Waals surface area (Å²) in [5.41, 5.74) is 1.69. The maximum Gasteiger partial charge on any atom is 0.257 e. The molecule has 5 heteroatoms. The summed E-state index contributed by atoms with van der Waals surface area (Å²) < 4.78 is 1.76. The average molecular weight is 314 g/mol. The molecule has 18 heavy (non-hydrogen) atoms. The van der Waals surface area contributed by atoms with Crippen molar-refractivity contribution in [1.29, 1.82) is 0 Å².